The lowest BCUT2D eigenvalue weighted by Gasteiger charge is -2.18. The Hall–Kier alpha value is -1.42. The number of anilines is 1. The van der Waals surface area contributed by atoms with Crippen molar-refractivity contribution in [1.29, 1.82) is 0 Å². The van der Waals surface area contributed by atoms with Crippen molar-refractivity contribution in [2.24, 2.45) is 0 Å². The summed E-state index contributed by atoms with van der Waals surface area (Å²) >= 11 is 1.91. The van der Waals surface area contributed by atoms with Gasteiger partial charge < -0.3 is 10.3 Å². The maximum atomic E-state index is 5.77. The van der Waals surface area contributed by atoms with Crippen LogP contribution in [-0.4, -0.2) is 10.9 Å². The molecule has 2 aromatic rings. The lowest BCUT2D eigenvalue weighted by Crippen LogP contribution is -2.01. The quantitative estimate of drug-likeness (QED) is 0.821. The highest BCUT2D eigenvalue weighted by Crippen LogP contribution is 2.38. The number of hydrogen-bond acceptors (Lipinski definition) is 4. The van der Waals surface area contributed by atoms with Crippen molar-refractivity contribution < 1.29 is 4.52 Å². The number of rotatable bonds is 1. The third-order valence-electron chi connectivity index (χ3n) is 2.85. The highest BCUT2D eigenvalue weighted by molar-refractivity contribution is 7.99. The average molecular weight is 232 g/mol. The topological polar surface area (TPSA) is 52.0 Å². The Labute approximate surface area is 98.0 Å². The number of thioether (sulfide) groups is 1. The van der Waals surface area contributed by atoms with Crippen LogP contribution in [0.1, 0.15) is 12.0 Å². The van der Waals surface area contributed by atoms with E-state index >= 15 is 0 Å². The summed E-state index contributed by atoms with van der Waals surface area (Å²) < 4.78 is 4.93. The first kappa shape index (κ1) is 9.78. The summed E-state index contributed by atoms with van der Waals surface area (Å²) in [5.74, 6) is 1.61. The second kappa shape index (κ2) is 3.87. The number of aromatic nitrogens is 1. The fourth-order valence-corrected chi connectivity index (χ4v) is 3.16. The van der Waals surface area contributed by atoms with Gasteiger partial charge in [0.2, 0.25) is 5.88 Å². The van der Waals surface area contributed by atoms with Crippen LogP contribution in [0.4, 0.5) is 5.88 Å². The molecule has 0 unspecified atom stereocenters. The molecule has 3 rings (SSSR count). The molecule has 0 saturated heterocycles. The van der Waals surface area contributed by atoms with E-state index in [4.69, 9.17) is 10.3 Å². The number of nitrogens with two attached hydrogens (primary N) is 1. The van der Waals surface area contributed by atoms with Gasteiger partial charge >= 0.3 is 0 Å². The molecule has 0 aliphatic carbocycles. The van der Waals surface area contributed by atoms with E-state index in [0.717, 1.165) is 12.0 Å². The zero-order valence-electron chi connectivity index (χ0n) is 8.77. The zero-order chi connectivity index (χ0) is 11.0. The molecule has 0 fully saturated rings. The summed E-state index contributed by atoms with van der Waals surface area (Å²) in [6.45, 7) is 0. The molecule has 2 N–H and O–H groups in total. The number of hydrogen-bond donors (Lipinski definition) is 1. The molecule has 0 saturated carbocycles. The van der Waals surface area contributed by atoms with Crippen LogP contribution < -0.4 is 5.73 Å². The number of nitrogens with zero attached hydrogens (tertiary/aromatic N) is 1. The van der Waals surface area contributed by atoms with Crippen molar-refractivity contribution in [3.63, 3.8) is 0 Å². The lowest BCUT2D eigenvalue weighted by molar-refractivity contribution is 0.436. The first-order valence-corrected chi connectivity index (χ1v) is 6.30. The van der Waals surface area contributed by atoms with Crippen molar-refractivity contribution in [2.45, 2.75) is 17.7 Å². The van der Waals surface area contributed by atoms with Gasteiger partial charge in [0.15, 0.2) is 0 Å². The monoisotopic (exact) mass is 232 g/mol. The molecule has 0 atom stereocenters. The second-order valence-corrected chi connectivity index (χ2v) is 4.97. The highest BCUT2D eigenvalue weighted by atomic mass is 32.2. The van der Waals surface area contributed by atoms with Gasteiger partial charge in [-0.2, -0.15) is 0 Å². The van der Waals surface area contributed by atoms with Crippen LogP contribution in [0, 0.1) is 0 Å². The molecule has 4 heteroatoms. The Morgan fingerprint density at radius 1 is 1.31 bits per heavy atom. The standard InChI is InChI=1S/C12H12N2OS/c13-12-10(7-14-15-12)8-3-1-5-11-9(8)4-2-6-16-11/h1,3,5,7H,2,4,6,13H2. The first-order chi connectivity index (χ1) is 7.86. The van der Waals surface area contributed by atoms with Crippen LogP contribution in [0.3, 0.4) is 0 Å². The van der Waals surface area contributed by atoms with E-state index in [9.17, 15) is 0 Å². The van der Waals surface area contributed by atoms with E-state index in [2.05, 4.69) is 23.4 Å². The molecule has 0 spiro atoms. The summed E-state index contributed by atoms with van der Waals surface area (Å²) in [6.07, 6.45) is 4.03. The Morgan fingerprint density at radius 2 is 2.25 bits per heavy atom. The van der Waals surface area contributed by atoms with Gasteiger partial charge in [-0.3, -0.25) is 0 Å². The fraction of sp³-hybridized carbons (Fsp3) is 0.250. The SMILES string of the molecule is Nc1oncc1-c1cccc2c1CCCS2. The smallest absolute Gasteiger partial charge is 0.229 e. The lowest BCUT2D eigenvalue weighted by atomic mass is 9.98. The van der Waals surface area contributed by atoms with Crippen LogP contribution in [0.2, 0.25) is 0 Å². The van der Waals surface area contributed by atoms with Gasteiger partial charge in [-0.15, -0.1) is 11.8 Å². The van der Waals surface area contributed by atoms with Gasteiger partial charge in [0.05, 0.1) is 11.8 Å². The van der Waals surface area contributed by atoms with Crippen molar-refractivity contribution >= 4 is 17.6 Å². The summed E-state index contributed by atoms with van der Waals surface area (Å²) in [5.41, 5.74) is 9.24. The minimum atomic E-state index is 0.406. The summed E-state index contributed by atoms with van der Waals surface area (Å²) in [7, 11) is 0. The third kappa shape index (κ3) is 1.50. The minimum absolute atomic E-state index is 0.406. The van der Waals surface area contributed by atoms with E-state index in [0.29, 0.717) is 5.88 Å². The Morgan fingerprint density at radius 3 is 3.06 bits per heavy atom. The van der Waals surface area contributed by atoms with Gasteiger partial charge in [0.25, 0.3) is 0 Å². The van der Waals surface area contributed by atoms with Gasteiger partial charge in [-0.25, -0.2) is 0 Å². The highest BCUT2D eigenvalue weighted by Gasteiger charge is 2.17. The van der Waals surface area contributed by atoms with Crippen LogP contribution >= 0.6 is 11.8 Å². The van der Waals surface area contributed by atoms with Crippen LogP contribution in [0.5, 0.6) is 0 Å². The van der Waals surface area contributed by atoms with Crippen LogP contribution in [0.15, 0.2) is 33.8 Å². The minimum Gasteiger partial charge on any atom is -0.367 e. The van der Waals surface area contributed by atoms with Gasteiger partial charge in [-0.1, -0.05) is 17.3 Å². The van der Waals surface area contributed by atoms with E-state index < -0.39 is 0 Å². The van der Waals surface area contributed by atoms with Crippen molar-refractivity contribution in [2.75, 3.05) is 11.5 Å². The first-order valence-electron chi connectivity index (χ1n) is 5.31. The van der Waals surface area contributed by atoms with E-state index in [1.807, 2.05) is 11.8 Å². The van der Waals surface area contributed by atoms with Crippen molar-refractivity contribution in [3.05, 3.63) is 30.0 Å². The molecule has 1 aliphatic rings. The van der Waals surface area contributed by atoms with E-state index in [-0.39, 0.29) is 0 Å². The molecule has 1 aliphatic heterocycles. The fourth-order valence-electron chi connectivity index (χ4n) is 2.09. The summed E-state index contributed by atoms with van der Waals surface area (Å²) in [5, 5.41) is 3.74. The molecule has 16 heavy (non-hydrogen) atoms. The van der Waals surface area contributed by atoms with Crippen LogP contribution in [0.25, 0.3) is 11.1 Å². The van der Waals surface area contributed by atoms with Crippen molar-refractivity contribution in [3.8, 4) is 11.1 Å². The van der Waals surface area contributed by atoms with E-state index in [1.165, 1.54) is 28.2 Å². The van der Waals surface area contributed by atoms with Crippen molar-refractivity contribution in [1.82, 2.24) is 5.16 Å². The van der Waals surface area contributed by atoms with Crippen LogP contribution in [-0.2, 0) is 6.42 Å². The molecular formula is C12H12N2OS. The zero-order valence-corrected chi connectivity index (χ0v) is 9.59. The predicted octanol–water partition coefficient (Wildman–Crippen LogP) is 2.96. The number of nitrogen functional groups attached to an aromatic ring is 1. The second-order valence-electron chi connectivity index (χ2n) is 3.84. The molecule has 2 heterocycles. The molecule has 3 nitrogen and oxygen atoms in total. The van der Waals surface area contributed by atoms with Gasteiger partial charge in [0.1, 0.15) is 0 Å². The maximum absolute atomic E-state index is 5.77. The predicted molar refractivity (Wildman–Crippen MR) is 65.4 cm³/mol. The largest absolute Gasteiger partial charge is 0.367 e. The summed E-state index contributed by atoms with van der Waals surface area (Å²) in [4.78, 5) is 1.37. The molecule has 82 valence electrons. The molecule has 0 amide bonds. The normalized spacial score (nSPS) is 14.8. The molecule has 1 aromatic carbocycles. The van der Waals surface area contributed by atoms with Gasteiger partial charge in [-0.05, 0) is 35.8 Å². The Bertz CT molecular complexity index is 521. The molecular weight excluding hydrogens is 220 g/mol. The molecule has 1 aromatic heterocycles. The Balaban J connectivity index is 2.18. The number of fused-ring (bicyclic) bond motifs is 1. The molecule has 0 radical (unpaired) electrons. The Kier molecular flexibility index (Phi) is 2.36. The molecule has 0 bridgehead atoms. The van der Waals surface area contributed by atoms with E-state index in [1.54, 1.807) is 6.20 Å². The average Bonchev–Trinajstić information content (AvgIpc) is 2.75. The summed E-state index contributed by atoms with van der Waals surface area (Å²) in [6, 6.07) is 6.33. The third-order valence-corrected chi connectivity index (χ3v) is 4.04. The van der Waals surface area contributed by atoms with Gasteiger partial charge in [0, 0.05) is 4.90 Å². The maximum Gasteiger partial charge on any atom is 0.229 e. The number of benzene rings is 1.